The van der Waals surface area contributed by atoms with Gasteiger partial charge in [0, 0.05) is 5.75 Å². The standard InChI is InChI=1S/C10H20OS/c1-3-8-12-9-6-4-5-7-10(2)11/h3,10-11H,1,4-9H2,2H3. The molecule has 72 valence electrons. The van der Waals surface area contributed by atoms with E-state index in [0.29, 0.717) is 0 Å². The molecule has 0 aliphatic heterocycles. The van der Waals surface area contributed by atoms with Crippen molar-refractivity contribution in [1.29, 1.82) is 0 Å². The van der Waals surface area contributed by atoms with Crippen LogP contribution in [0.5, 0.6) is 0 Å². The average Bonchev–Trinajstić information content (AvgIpc) is 2.02. The third-order valence-corrected chi connectivity index (χ3v) is 2.70. The number of hydrogen-bond donors (Lipinski definition) is 1. The van der Waals surface area contributed by atoms with Crippen molar-refractivity contribution in [3.05, 3.63) is 12.7 Å². The van der Waals surface area contributed by atoms with E-state index in [1.807, 2.05) is 24.8 Å². The van der Waals surface area contributed by atoms with Gasteiger partial charge >= 0.3 is 0 Å². The first-order valence-corrected chi connectivity index (χ1v) is 5.79. The van der Waals surface area contributed by atoms with Gasteiger partial charge in [0.05, 0.1) is 6.10 Å². The highest BCUT2D eigenvalue weighted by Crippen LogP contribution is 2.08. The monoisotopic (exact) mass is 188 g/mol. The average molecular weight is 188 g/mol. The molecule has 0 aromatic carbocycles. The zero-order chi connectivity index (χ0) is 9.23. The minimum atomic E-state index is -0.120. The molecule has 0 fully saturated rings. The summed E-state index contributed by atoms with van der Waals surface area (Å²) in [6, 6.07) is 0. The minimum Gasteiger partial charge on any atom is -0.393 e. The molecule has 0 aromatic rings. The summed E-state index contributed by atoms with van der Waals surface area (Å²) in [6.07, 6.45) is 6.45. The van der Waals surface area contributed by atoms with E-state index < -0.39 is 0 Å². The molecule has 0 bridgehead atoms. The van der Waals surface area contributed by atoms with Crippen molar-refractivity contribution in [3.8, 4) is 0 Å². The van der Waals surface area contributed by atoms with Crippen molar-refractivity contribution in [2.45, 2.75) is 38.7 Å². The van der Waals surface area contributed by atoms with E-state index in [-0.39, 0.29) is 6.10 Å². The van der Waals surface area contributed by atoms with Gasteiger partial charge in [-0.1, -0.05) is 18.9 Å². The van der Waals surface area contributed by atoms with Gasteiger partial charge in [-0.15, -0.1) is 6.58 Å². The predicted octanol–water partition coefficient (Wildman–Crippen LogP) is 2.85. The second-order valence-electron chi connectivity index (χ2n) is 3.06. The fraction of sp³-hybridized carbons (Fsp3) is 0.800. The SMILES string of the molecule is C=CCSCCCCCC(C)O. The van der Waals surface area contributed by atoms with E-state index >= 15 is 0 Å². The summed E-state index contributed by atoms with van der Waals surface area (Å²) < 4.78 is 0. The molecule has 0 saturated heterocycles. The number of aliphatic hydroxyl groups is 1. The van der Waals surface area contributed by atoms with Gasteiger partial charge in [0.2, 0.25) is 0 Å². The summed E-state index contributed by atoms with van der Waals surface area (Å²) in [7, 11) is 0. The molecule has 0 heterocycles. The Morgan fingerprint density at radius 1 is 1.42 bits per heavy atom. The van der Waals surface area contributed by atoms with Crippen LogP contribution >= 0.6 is 11.8 Å². The van der Waals surface area contributed by atoms with Crippen LogP contribution in [0.4, 0.5) is 0 Å². The highest BCUT2D eigenvalue weighted by atomic mass is 32.2. The Balaban J connectivity index is 2.86. The largest absolute Gasteiger partial charge is 0.393 e. The molecule has 0 aliphatic rings. The lowest BCUT2D eigenvalue weighted by atomic mass is 10.1. The van der Waals surface area contributed by atoms with Gasteiger partial charge in [0.1, 0.15) is 0 Å². The number of unbranched alkanes of at least 4 members (excludes halogenated alkanes) is 2. The van der Waals surface area contributed by atoms with Crippen LogP contribution < -0.4 is 0 Å². The van der Waals surface area contributed by atoms with Crippen LogP contribution in [-0.4, -0.2) is 22.7 Å². The second kappa shape index (κ2) is 9.14. The first kappa shape index (κ1) is 12.0. The lowest BCUT2D eigenvalue weighted by Crippen LogP contribution is -1.98. The van der Waals surface area contributed by atoms with Crippen LogP contribution in [0.15, 0.2) is 12.7 Å². The van der Waals surface area contributed by atoms with Crippen LogP contribution in [0.25, 0.3) is 0 Å². The molecule has 1 nitrogen and oxygen atoms in total. The molecular weight excluding hydrogens is 168 g/mol. The van der Waals surface area contributed by atoms with Crippen molar-refractivity contribution in [2.24, 2.45) is 0 Å². The molecule has 0 saturated carbocycles. The number of thioether (sulfide) groups is 1. The number of aliphatic hydroxyl groups excluding tert-OH is 1. The summed E-state index contributed by atoms with van der Waals surface area (Å²) >= 11 is 1.93. The first-order chi connectivity index (χ1) is 5.77. The molecule has 1 N–H and O–H groups in total. The van der Waals surface area contributed by atoms with Crippen molar-refractivity contribution in [3.63, 3.8) is 0 Å². The topological polar surface area (TPSA) is 20.2 Å². The maximum absolute atomic E-state index is 8.97. The van der Waals surface area contributed by atoms with Crippen LogP contribution in [0.2, 0.25) is 0 Å². The maximum Gasteiger partial charge on any atom is 0.0512 e. The summed E-state index contributed by atoms with van der Waals surface area (Å²) in [6.45, 7) is 5.52. The van der Waals surface area contributed by atoms with Gasteiger partial charge in [0.15, 0.2) is 0 Å². The normalized spacial score (nSPS) is 12.8. The van der Waals surface area contributed by atoms with E-state index in [1.165, 1.54) is 18.6 Å². The van der Waals surface area contributed by atoms with Gasteiger partial charge in [-0.3, -0.25) is 0 Å². The Morgan fingerprint density at radius 2 is 2.17 bits per heavy atom. The molecule has 0 aromatic heterocycles. The Hall–Kier alpha value is 0.0500. The second-order valence-corrected chi connectivity index (χ2v) is 4.21. The lowest BCUT2D eigenvalue weighted by Gasteiger charge is -2.02. The maximum atomic E-state index is 8.97. The Morgan fingerprint density at radius 3 is 2.75 bits per heavy atom. The van der Waals surface area contributed by atoms with E-state index in [1.54, 1.807) is 0 Å². The van der Waals surface area contributed by atoms with Gasteiger partial charge in [-0.2, -0.15) is 11.8 Å². The zero-order valence-electron chi connectivity index (χ0n) is 7.96. The van der Waals surface area contributed by atoms with E-state index in [4.69, 9.17) is 5.11 Å². The van der Waals surface area contributed by atoms with Gasteiger partial charge in [-0.05, 0) is 25.5 Å². The van der Waals surface area contributed by atoms with E-state index in [0.717, 1.165) is 18.6 Å². The van der Waals surface area contributed by atoms with Gasteiger partial charge in [-0.25, -0.2) is 0 Å². The van der Waals surface area contributed by atoms with Gasteiger partial charge < -0.3 is 5.11 Å². The summed E-state index contributed by atoms with van der Waals surface area (Å²) in [4.78, 5) is 0. The molecule has 0 rings (SSSR count). The van der Waals surface area contributed by atoms with Crippen molar-refractivity contribution in [1.82, 2.24) is 0 Å². The zero-order valence-corrected chi connectivity index (χ0v) is 8.78. The molecule has 1 atom stereocenters. The third kappa shape index (κ3) is 10.0. The molecule has 0 amide bonds. The van der Waals surface area contributed by atoms with Crippen LogP contribution in [0.1, 0.15) is 32.6 Å². The predicted molar refractivity (Wildman–Crippen MR) is 57.7 cm³/mol. The smallest absolute Gasteiger partial charge is 0.0512 e. The first-order valence-electron chi connectivity index (χ1n) is 4.64. The molecule has 0 radical (unpaired) electrons. The number of rotatable bonds is 8. The Labute approximate surface area is 80.3 Å². The quantitative estimate of drug-likeness (QED) is 0.467. The van der Waals surface area contributed by atoms with Crippen LogP contribution in [0, 0.1) is 0 Å². The highest BCUT2D eigenvalue weighted by molar-refractivity contribution is 7.99. The molecular formula is C10H20OS. The summed E-state index contributed by atoms with van der Waals surface area (Å²) in [5, 5.41) is 8.97. The van der Waals surface area contributed by atoms with Crippen molar-refractivity contribution in [2.75, 3.05) is 11.5 Å². The molecule has 2 heteroatoms. The fourth-order valence-corrected chi connectivity index (χ4v) is 1.73. The third-order valence-electron chi connectivity index (χ3n) is 1.65. The molecule has 0 aliphatic carbocycles. The van der Waals surface area contributed by atoms with Crippen LogP contribution in [0.3, 0.4) is 0 Å². The highest BCUT2D eigenvalue weighted by Gasteiger charge is 1.94. The minimum absolute atomic E-state index is 0.120. The van der Waals surface area contributed by atoms with Crippen LogP contribution in [-0.2, 0) is 0 Å². The fourth-order valence-electron chi connectivity index (χ4n) is 0.987. The molecule has 0 spiro atoms. The molecule has 12 heavy (non-hydrogen) atoms. The van der Waals surface area contributed by atoms with Gasteiger partial charge in [0.25, 0.3) is 0 Å². The number of hydrogen-bond acceptors (Lipinski definition) is 2. The molecule has 1 unspecified atom stereocenters. The Kier molecular flexibility index (Phi) is 9.18. The van der Waals surface area contributed by atoms with Crippen molar-refractivity contribution < 1.29 is 5.11 Å². The lowest BCUT2D eigenvalue weighted by molar-refractivity contribution is 0.180. The Bertz CT molecular complexity index is 102. The van der Waals surface area contributed by atoms with Crippen molar-refractivity contribution >= 4 is 11.8 Å². The summed E-state index contributed by atoms with van der Waals surface area (Å²) in [5.74, 6) is 2.29. The van der Waals surface area contributed by atoms with E-state index in [2.05, 4.69) is 6.58 Å². The summed E-state index contributed by atoms with van der Waals surface area (Å²) in [5.41, 5.74) is 0. The van der Waals surface area contributed by atoms with E-state index in [9.17, 15) is 0 Å².